The maximum absolute atomic E-state index is 12.8. The lowest BCUT2D eigenvalue weighted by Crippen LogP contribution is -2.45. The molecule has 1 nitrogen and oxygen atoms in total. The van der Waals surface area contributed by atoms with E-state index < -0.39 is 36.5 Å². The molecule has 21 heavy (non-hydrogen) atoms. The predicted molar refractivity (Wildman–Crippen MR) is 66.3 cm³/mol. The summed E-state index contributed by atoms with van der Waals surface area (Å²) in [5.74, 6) is -2.10. The van der Waals surface area contributed by atoms with Gasteiger partial charge in [0.25, 0.3) is 0 Å². The van der Waals surface area contributed by atoms with Gasteiger partial charge in [-0.25, -0.2) is 4.39 Å². The van der Waals surface area contributed by atoms with Gasteiger partial charge in [0.1, 0.15) is 0 Å². The molecule has 1 aliphatic carbocycles. The van der Waals surface area contributed by atoms with Gasteiger partial charge in [0.2, 0.25) is 0 Å². The molecule has 0 aromatic heterocycles. The minimum absolute atomic E-state index is 0.134. The van der Waals surface area contributed by atoms with Crippen LogP contribution in [0.1, 0.15) is 44.9 Å². The molecule has 0 aromatic carbocycles. The summed E-state index contributed by atoms with van der Waals surface area (Å²) in [5.41, 5.74) is -3.51. The molecule has 0 amide bonds. The molecule has 0 bridgehead atoms. The number of aliphatic hydroxyl groups is 1. The van der Waals surface area contributed by atoms with Crippen LogP contribution in [0.15, 0.2) is 24.1 Å². The van der Waals surface area contributed by atoms with Crippen LogP contribution >= 0.6 is 0 Å². The van der Waals surface area contributed by atoms with Gasteiger partial charge in [-0.1, -0.05) is 31.4 Å². The molecule has 1 N–H and O–H groups in total. The first-order chi connectivity index (χ1) is 9.66. The minimum atomic E-state index is -5.18. The zero-order valence-corrected chi connectivity index (χ0v) is 11.4. The quantitative estimate of drug-likeness (QED) is 0.541. The number of alkyl halides is 3. The van der Waals surface area contributed by atoms with E-state index in [0.29, 0.717) is 0 Å². The Hall–Kier alpha value is -0.980. The molecule has 1 saturated carbocycles. The molecule has 1 aliphatic rings. The molecular weight excluding hydrogens is 298 g/mol. The van der Waals surface area contributed by atoms with Crippen molar-refractivity contribution in [1.82, 2.24) is 0 Å². The third-order valence-corrected chi connectivity index (χ3v) is 3.69. The number of hydrogen-bond acceptors (Lipinski definition) is 1. The Morgan fingerprint density at radius 3 is 2.10 bits per heavy atom. The summed E-state index contributed by atoms with van der Waals surface area (Å²) in [5, 5.41) is 9.51. The first-order valence-electron chi connectivity index (χ1n) is 6.81. The van der Waals surface area contributed by atoms with E-state index in [-0.39, 0.29) is 5.92 Å². The van der Waals surface area contributed by atoms with E-state index in [4.69, 9.17) is 0 Å². The molecule has 0 saturated heterocycles. The van der Waals surface area contributed by atoms with Gasteiger partial charge in [0.15, 0.2) is 11.4 Å². The normalized spacial score (nSPS) is 20.5. The highest BCUT2D eigenvalue weighted by Crippen LogP contribution is 2.39. The molecule has 122 valence electrons. The largest absolute Gasteiger partial charge is 0.417 e. The average Bonchev–Trinajstić information content (AvgIpc) is 2.38. The van der Waals surface area contributed by atoms with Crippen LogP contribution in [-0.4, -0.2) is 16.9 Å². The average molecular weight is 316 g/mol. The van der Waals surface area contributed by atoms with Crippen LogP contribution in [-0.2, 0) is 0 Å². The summed E-state index contributed by atoms with van der Waals surface area (Å²) in [6, 6.07) is 0. The highest BCUT2D eigenvalue weighted by molar-refractivity contribution is 5.06. The topological polar surface area (TPSA) is 20.2 Å². The SMILES string of the molecule is OC(C/C=C/C1CCCCC1)(CC(F)=C(F)F)C(F)(F)F. The summed E-state index contributed by atoms with van der Waals surface area (Å²) in [4.78, 5) is 0. The minimum Gasteiger partial charge on any atom is -0.380 e. The van der Waals surface area contributed by atoms with E-state index >= 15 is 0 Å². The van der Waals surface area contributed by atoms with Gasteiger partial charge in [-0.3, -0.25) is 0 Å². The lowest BCUT2D eigenvalue weighted by Gasteiger charge is -2.29. The summed E-state index contributed by atoms with van der Waals surface area (Å²) >= 11 is 0. The van der Waals surface area contributed by atoms with Gasteiger partial charge in [0, 0.05) is 12.8 Å². The smallest absolute Gasteiger partial charge is 0.380 e. The maximum Gasteiger partial charge on any atom is 0.417 e. The van der Waals surface area contributed by atoms with E-state index in [1.165, 1.54) is 0 Å². The Balaban J connectivity index is 2.74. The first kappa shape index (κ1) is 18.1. The summed E-state index contributed by atoms with van der Waals surface area (Å²) in [6.45, 7) is 0. The number of hydrogen-bond donors (Lipinski definition) is 1. The van der Waals surface area contributed by atoms with Gasteiger partial charge in [-0.2, -0.15) is 22.0 Å². The molecule has 0 heterocycles. The Kier molecular flexibility index (Phi) is 6.31. The lowest BCUT2D eigenvalue weighted by molar-refractivity contribution is -0.259. The van der Waals surface area contributed by atoms with E-state index in [1.807, 2.05) is 0 Å². The van der Waals surface area contributed by atoms with Gasteiger partial charge < -0.3 is 5.11 Å². The molecule has 7 heteroatoms. The molecule has 1 rings (SSSR count). The van der Waals surface area contributed by atoms with Gasteiger partial charge in [-0.05, 0) is 18.8 Å². The molecule has 1 atom stereocenters. The highest BCUT2D eigenvalue weighted by Gasteiger charge is 2.53. The van der Waals surface area contributed by atoms with E-state index in [9.17, 15) is 31.4 Å². The van der Waals surface area contributed by atoms with Crippen molar-refractivity contribution in [2.45, 2.75) is 56.7 Å². The van der Waals surface area contributed by atoms with Crippen molar-refractivity contribution < 1.29 is 31.4 Å². The standard InChI is InChI=1S/C14H18F6O/c15-11(12(16)17)9-13(21,14(18,19)20)8-4-7-10-5-2-1-3-6-10/h4,7,10,21H,1-3,5-6,8-9H2/b7-4+. The van der Waals surface area contributed by atoms with Crippen LogP contribution in [0, 0.1) is 5.92 Å². The van der Waals surface area contributed by atoms with Crippen molar-refractivity contribution in [2.24, 2.45) is 5.92 Å². The summed E-state index contributed by atoms with van der Waals surface area (Å²) < 4.78 is 75.0. The van der Waals surface area contributed by atoms with Crippen molar-refractivity contribution in [2.75, 3.05) is 0 Å². The monoisotopic (exact) mass is 316 g/mol. The van der Waals surface area contributed by atoms with E-state index in [2.05, 4.69) is 0 Å². The van der Waals surface area contributed by atoms with Crippen LogP contribution in [0.2, 0.25) is 0 Å². The predicted octanol–water partition coefficient (Wildman–Crippen LogP) is 5.27. The summed E-state index contributed by atoms with van der Waals surface area (Å²) in [7, 11) is 0. The van der Waals surface area contributed by atoms with Crippen LogP contribution in [0.3, 0.4) is 0 Å². The summed E-state index contributed by atoms with van der Waals surface area (Å²) in [6.07, 6.45) is -3.28. The fourth-order valence-electron chi connectivity index (χ4n) is 2.39. The number of rotatable bonds is 5. The van der Waals surface area contributed by atoms with Crippen molar-refractivity contribution >= 4 is 0 Å². The van der Waals surface area contributed by atoms with Crippen molar-refractivity contribution in [3.63, 3.8) is 0 Å². The molecule has 1 unspecified atom stereocenters. The third-order valence-electron chi connectivity index (χ3n) is 3.69. The van der Waals surface area contributed by atoms with E-state index in [1.54, 1.807) is 6.08 Å². The van der Waals surface area contributed by atoms with Crippen molar-refractivity contribution in [3.05, 3.63) is 24.1 Å². The Bertz CT molecular complexity index is 391. The van der Waals surface area contributed by atoms with Gasteiger partial charge in [-0.15, -0.1) is 0 Å². The zero-order valence-electron chi connectivity index (χ0n) is 11.4. The van der Waals surface area contributed by atoms with Crippen LogP contribution in [0.5, 0.6) is 0 Å². The molecule has 0 radical (unpaired) electrons. The van der Waals surface area contributed by atoms with Crippen LogP contribution in [0.4, 0.5) is 26.3 Å². The third kappa shape index (κ3) is 5.37. The van der Waals surface area contributed by atoms with Crippen molar-refractivity contribution in [3.8, 4) is 0 Å². The number of halogens is 6. The number of allylic oxidation sites excluding steroid dienone is 1. The Labute approximate surface area is 119 Å². The second kappa shape index (κ2) is 7.33. The maximum atomic E-state index is 12.8. The molecule has 0 spiro atoms. The second-order valence-electron chi connectivity index (χ2n) is 5.40. The fourth-order valence-corrected chi connectivity index (χ4v) is 2.39. The van der Waals surface area contributed by atoms with Crippen LogP contribution in [0.25, 0.3) is 0 Å². The molecule has 0 aliphatic heterocycles. The van der Waals surface area contributed by atoms with E-state index in [0.717, 1.165) is 38.2 Å². The molecule has 1 fully saturated rings. The van der Waals surface area contributed by atoms with Crippen molar-refractivity contribution in [1.29, 1.82) is 0 Å². The second-order valence-corrected chi connectivity index (χ2v) is 5.40. The molecular formula is C14H18F6O. The highest BCUT2D eigenvalue weighted by atomic mass is 19.4. The van der Waals surface area contributed by atoms with Gasteiger partial charge in [0.05, 0.1) is 0 Å². The zero-order chi connectivity index (χ0) is 16.1. The molecule has 0 aromatic rings. The first-order valence-corrected chi connectivity index (χ1v) is 6.81. The Morgan fingerprint density at radius 1 is 1.05 bits per heavy atom. The fraction of sp³-hybridized carbons (Fsp3) is 0.714. The van der Waals surface area contributed by atoms with Crippen LogP contribution < -0.4 is 0 Å². The lowest BCUT2D eigenvalue weighted by atomic mass is 9.87. The van der Waals surface area contributed by atoms with Gasteiger partial charge >= 0.3 is 12.3 Å². The Morgan fingerprint density at radius 2 is 1.62 bits per heavy atom.